The Labute approximate surface area is 79.6 Å². The van der Waals surface area contributed by atoms with Crippen LogP contribution >= 0.6 is 0 Å². The lowest BCUT2D eigenvalue weighted by molar-refractivity contribution is 0.399. The van der Waals surface area contributed by atoms with Crippen LogP contribution in [0.4, 0.5) is 0 Å². The van der Waals surface area contributed by atoms with Crippen molar-refractivity contribution in [2.75, 3.05) is 0 Å². The maximum atomic E-state index is 4.30. The van der Waals surface area contributed by atoms with Crippen LogP contribution in [0.2, 0.25) is 0 Å². The molecule has 0 N–H and O–H groups in total. The van der Waals surface area contributed by atoms with Crippen LogP contribution < -0.4 is 0 Å². The molecule has 0 aliphatic rings. The standard InChI is InChI=1S/C10H17N3/c1-7-11-8(2)13-9(12-7)6-10(3,4)5/h6H2,1-5H3. The van der Waals surface area contributed by atoms with Gasteiger partial charge in [-0.3, -0.25) is 0 Å². The summed E-state index contributed by atoms with van der Waals surface area (Å²) in [5, 5.41) is 0. The monoisotopic (exact) mass is 179 g/mol. The number of hydrogen-bond donors (Lipinski definition) is 0. The van der Waals surface area contributed by atoms with E-state index in [1.54, 1.807) is 0 Å². The fourth-order valence-corrected chi connectivity index (χ4v) is 1.24. The molecule has 0 aromatic carbocycles. The van der Waals surface area contributed by atoms with E-state index in [-0.39, 0.29) is 5.41 Å². The summed E-state index contributed by atoms with van der Waals surface area (Å²) in [5.41, 5.74) is 0.236. The first-order valence-corrected chi connectivity index (χ1v) is 4.55. The molecule has 0 atom stereocenters. The summed E-state index contributed by atoms with van der Waals surface area (Å²) in [6.45, 7) is 10.4. The van der Waals surface area contributed by atoms with Crippen LogP contribution in [-0.2, 0) is 6.42 Å². The van der Waals surface area contributed by atoms with E-state index in [4.69, 9.17) is 0 Å². The van der Waals surface area contributed by atoms with Gasteiger partial charge < -0.3 is 0 Å². The third kappa shape index (κ3) is 3.49. The predicted octanol–water partition coefficient (Wildman–Crippen LogP) is 2.08. The van der Waals surface area contributed by atoms with Gasteiger partial charge in [-0.1, -0.05) is 20.8 Å². The highest BCUT2D eigenvalue weighted by Crippen LogP contribution is 2.17. The van der Waals surface area contributed by atoms with Gasteiger partial charge in [0.05, 0.1) is 0 Å². The highest BCUT2D eigenvalue weighted by molar-refractivity contribution is 4.96. The highest BCUT2D eigenvalue weighted by atomic mass is 15.0. The molecule has 0 bridgehead atoms. The van der Waals surface area contributed by atoms with E-state index < -0.39 is 0 Å². The second kappa shape index (κ2) is 3.40. The third-order valence-electron chi connectivity index (χ3n) is 1.59. The third-order valence-corrected chi connectivity index (χ3v) is 1.59. The maximum Gasteiger partial charge on any atom is 0.133 e. The molecular formula is C10H17N3. The average molecular weight is 179 g/mol. The second-order valence-corrected chi connectivity index (χ2v) is 4.58. The minimum absolute atomic E-state index is 0.236. The van der Waals surface area contributed by atoms with Gasteiger partial charge in [0.1, 0.15) is 17.5 Å². The van der Waals surface area contributed by atoms with Crippen LogP contribution in [0, 0.1) is 19.3 Å². The fraction of sp³-hybridized carbons (Fsp3) is 0.700. The SMILES string of the molecule is Cc1nc(C)nc(CC(C)(C)C)n1. The van der Waals surface area contributed by atoms with Crippen molar-refractivity contribution in [1.29, 1.82) is 0 Å². The van der Waals surface area contributed by atoms with E-state index in [0.29, 0.717) is 0 Å². The first kappa shape index (κ1) is 10.1. The normalized spacial score (nSPS) is 11.8. The summed E-state index contributed by atoms with van der Waals surface area (Å²) < 4.78 is 0. The fourth-order valence-electron chi connectivity index (χ4n) is 1.24. The van der Waals surface area contributed by atoms with Gasteiger partial charge in [0.25, 0.3) is 0 Å². The molecular weight excluding hydrogens is 162 g/mol. The largest absolute Gasteiger partial charge is 0.219 e. The zero-order chi connectivity index (χ0) is 10.1. The lowest BCUT2D eigenvalue weighted by atomic mass is 9.92. The van der Waals surface area contributed by atoms with Crippen LogP contribution in [0.15, 0.2) is 0 Å². The molecule has 1 rings (SSSR count). The molecule has 0 fully saturated rings. The maximum absolute atomic E-state index is 4.30. The number of aryl methyl sites for hydroxylation is 2. The van der Waals surface area contributed by atoms with Gasteiger partial charge in [0.15, 0.2) is 0 Å². The first-order valence-electron chi connectivity index (χ1n) is 4.55. The number of aromatic nitrogens is 3. The zero-order valence-corrected chi connectivity index (χ0v) is 9.05. The van der Waals surface area contributed by atoms with Crippen molar-refractivity contribution in [1.82, 2.24) is 15.0 Å². The van der Waals surface area contributed by atoms with Crippen molar-refractivity contribution in [3.8, 4) is 0 Å². The van der Waals surface area contributed by atoms with Crippen molar-refractivity contribution in [2.45, 2.75) is 41.0 Å². The van der Waals surface area contributed by atoms with E-state index in [2.05, 4.69) is 35.7 Å². The molecule has 1 aromatic rings. The predicted molar refractivity (Wildman–Crippen MR) is 52.5 cm³/mol. The molecule has 0 radical (unpaired) electrons. The van der Waals surface area contributed by atoms with Gasteiger partial charge in [-0.2, -0.15) is 0 Å². The molecule has 0 unspecified atom stereocenters. The number of hydrogen-bond acceptors (Lipinski definition) is 3. The van der Waals surface area contributed by atoms with Gasteiger partial charge in [0, 0.05) is 6.42 Å². The van der Waals surface area contributed by atoms with E-state index >= 15 is 0 Å². The minimum Gasteiger partial charge on any atom is -0.219 e. The van der Waals surface area contributed by atoms with E-state index in [1.807, 2.05) is 13.8 Å². The Kier molecular flexibility index (Phi) is 2.64. The van der Waals surface area contributed by atoms with Gasteiger partial charge in [-0.15, -0.1) is 0 Å². The Balaban J connectivity index is 2.90. The topological polar surface area (TPSA) is 38.7 Å². The van der Waals surface area contributed by atoms with Crippen molar-refractivity contribution in [3.05, 3.63) is 17.5 Å². The minimum atomic E-state index is 0.236. The molecule has 0 amide bonds. The molecule has 0 spiro atoms. The van der Waals surface area contributed by atoms with Gasteiger partial charge in [-0.25, -0.2) is 15.0 Å². The van der Waals surface area contributed by atoms with Crippen LogP contribution in [0.3, 0.4) is 0 Å². The summed E-state index contributed by atoms with van der Waals surface area (Å²) in [5.74, 6) is 2.52. The van der Waals surface area contributed by atoms with E-state index in [1.165, 1.54) is 0 Å². The molecule has 0 aliphatic carbocycles. The van der Waals surface area contributed by atoms with Gasteiger partial charge in [0.2, 0.25) is 0 Å². The molecule has 72 valence electrons. The summed E-state index contributed by atoms with van der Waals surface area (Å²) in [4.78, 5) is 12.7. The average Bonchev–Trinajstić information content (AvgIpc) is 1.78. The highest BCUT2D eigenvalue weighted by Gasteiger charge is 2.13. The summed E-state index contributed by atoms with van der Waals surface area (Å²) in [6.07, 6.45) is 0.900. The van der Waals surface area contributed by atoms with Gasteiger partial charge >= 0.3 is 0 Å². The van der Waals surface area contributed by atoms with Crippen molar-refractivity contribution < 1.29 is 0 Å². The summed E-state index contributed by atoms with van der Waals surface area (Å²) in [6, 6.07) is 0. The molecule has 3 heteroatoms. The Hall–Kier alpha value is -0.990. The van der Waals surface area contributed by atoms with Crippen LogP contribution in [0.5, 0.6) is 0 Å². The zero-order valence-electron chi connectivity index (χ0n) is 9.05. The smallest absolute Gasteiger partial charge is 0.133 e. The van der Waals surface area contributed by atoms with Crippen molar-refractivity contribution in [3.63, 3.8) is 0 Å². The Morgan fingerprint density at radius 3 is 1.77 bits per heavy atom. The van der Waals surface area contributed by atoms with Crippen LogP contribution in [0.1, 0.15) is 38.2 Å². The lowest BCUT2D eigenvalue weighted by Crippen LogP contribution is -2.13. The van der Waals surface area contributed by atoms with Gasteiger partial charge in [-0.05, 0) is 19.3 Å². The number of rotatable bonds is 1. The first-order chi connectivity index (χ1) is 5.87. The second-order valence-electron chi connectivity index (χ2n) is 4.58. The molecule has 3 nitrogen and oxygen atoms in total. The van der Waals surface area contributed by atoms with E-state index in [9.17, 15) is 0 Å². The van der Waals surface area contributed by atoms with E-state index in [0.717, 1.165) is 23.9 Å². The molecule has 1 heterocycles. The number of nitrogens with zero attached hydrogens (tertiary/aromatic N) is 3. The van der Waals surface area contributed by atoms with Crippen molar-refractivity contribution in [2.24, 2.45) is 5.41 Å². The quantitative estimate of drug-likeness (QED) is 0.662. The van der Waals surface area contributed by atoms with Crippen LogP contribution in [-0.4, -0.2) is 15.0 Å². The molecule has 13 heavy (non-hydrogen) atoms. The molecule has 0 aliphatic heterocycles. The van der Waals surface area contributed by atoms with Crippen molar-refractivity contribution >= 4 is 0 Å². The summed E-state index contributed by atoms with van der Waals surface area (Å²) in [7, 11) is 0. The molecule has 1 aromatic heterocycles. The Bertz CT molecular complexity index is 279. The summed E-state index contributed by atoms with van der Waals surface area (Å²) >= 11 is 0. The molecule has 0 saturated carbocycles. The lowest BCUT2D eigenvalue weighted by Gasteiger charge is -2.16. The van der Waals surface area contributed by atoms with Crippen LogP contribution in [0.25, 0.3) is 0 Å². The molecule has 0 saturated heterocycles. The Morgan fingerprint density at radius 2 is 1.38 bits per heavy atom. The Morgan fingerprint density at radius 1 is 0.923 bits per heavy atom.